The third-order valence-corrected chi connectivity index (χ3v) is 5.73. The van der Waals surface area contributed by atoms with Crippen molar-refractivity contribution in [1.82, 2.24) is 5.32 Å². The number of aryl methyl sites for hydroxylation is 1. The number of quaternary nitrogens is 1. The molecule has 166 valence electrons. The second kappa shape index (κ2) is 10.9. The van der Waals surface area contributed by atoms with Crippen LogP contribution in [0.2, 0.25) is 0 Å². The number of rotatable bonds is 7. The molecule has 2 amide bonds. The van der Waals surface area contributed by atoms with Crippen LogP contribution in [0, 0.1) is 0 Å². The molecule has 7 nitrogen and oxygen atoms in total. The van der Waals surface area contributed by atoms with E-state index in [2.05, 4.69) is 46.7 Å². The largest absolute Gasteiger partial charge is 0.378 e. The summed E-state index contributed by atoms with van der Waals surface area (Å²) < 4.78 is 5.50. The summed E-state index contributed by atoms with van der Waals surface area (Å²) >= 11 is 0. The second-order valence-electron chi connectivity index (χ2n) is 8.02. The van der Waals surface area contributed by atoms with E-state index >= 15 is 0 Å². The van der Waals surface area contributed by atoms with Crippen LogP contribution < -0.4 is 20.4 Å². The SMILES string of the molecule is CCc1ccc(NC(=O)C(=O)NC[C@@H](c2ccc(N(C)C)cc2)[NH+]2CCOCC2)cc1. The van der Waals surface area contributed by atoms with E-state index in [1.54, 1.807) is 0 Å². The van der Waals surface area contributed by atoms with Crippen LogP contribution >= 0.6 is 0 Å². The molecule has 0 unspecified atom stereocenters. The first kappa shape index (κ1) is 22.8. The van der Waals surface area contributed by atoms with Crippen molar-refractivity contribution in [2.24, 2.45) is 0 Å². The zero-order valence-electron chi connectivity index (χ0n) is 18.6. The third-order valence-electron chi connectivity index (χ3n) is 5.73. The maximum atomic E-state index is 12.5. The molecular weight excluding hydrogens is 392 g/mol. The number of carbonyl (C=O) groups excluding carboxylic acids is 2. The van der Waals surface area contributed by atoms with Gasteiger partial charge in [-0.2, -0.15) is 0 Å². The summed E-state index contributed by atoms with van der Waals surface area (Å²) in [5, 5.41) is 5.51. The van der Waals surface area contributed by atoms with Crippen molar-refractivity contribution in [3.05, 3.63) is 59.7 Å². The van der Waals surface area contributed by atoms with Crippen molar-refractivity contribution < 1.29 is 19.2 Å². The van der Waals surface area contributed by atoms with E-state index in [0.29, 0.717) is 25.4 Å². The Labute approximate surface area is 184 Å². The number of nitrogens with zero attached hydrogens (tertiary/aromatic N) is 1. The molecule has 1 aliphatic rings. The lowest BCUT2D eigenvalue weighted by molar-refractivity contribution is -0.937. The highest BCUT2D eigenvalue weighted by Crippen LogP contribution is 2.16. The van der Waals surface area contributed by atoms with Gasteiger partial charge in [0.2, 0.25) is 0 Å². The molecule has 0 bridgehead atoms. The first-order chi connectivity index (χ1) is 15.0. The summed E-state index contributed by atoms with van der Waals surface area (Å²) in [7, 11) is 4.02. The van der Waals surface area contributed by atoms with Gasteiger partial charge in [-0.25, -0.2) is 0 Å². The standard InChI is InChI=1S/C24H32N4O3/c1-4-18-5-9-20(10-6-18)26-24(30)23(29)25-17-22(28-13-15-31-16-14-28)19-7-11-21(12-8-19)27(2)3/h5-12,22H,4,13-17H2,1-3H3,(H,25,29)(H,26,30)/p+1/t22-/m0/s1. The first-order valence-corrected chi connectivity index (χ1v) is 10.9. The molecule has 0 aromatic heterocycles. The Kier molecular flexibility index (Phi) is 8.03. The third kappa shape index (κ3) is 6.29. The Balaban J connectivity index is 1.64. The number of hydrogen-bond acceptors (Lipinski definition) is 4. The Morgan fingerprint density at radius 1 is 1.00 bits per heavy atom. The molecule has 0 radical (unpaired) electrons. The van der Waals surface area contributed by atoms with Gasteiger partial charge in [0.1, 0.15) is 19.1 Å². The van der Waals surface area contributed by atoms with E-state index in [0.717, 1.165) is 30.8 Å². The lowest BCUT2D eigenvalue weighted by Crippen LogP contribution is -3.15. The van der Waals surface area contributed by atoms with Crippen molar-refractivity contribution in [2.45, 2.75) is 19.4 Å². The van der Waals surface area contributed by atoms with Crippen LogP contribution in [-0.2, 0) is 20.7 Å². The van der Waals surface area contributed by atoms with Crippen LogP contribution in [0.1, 0.15) is 24.1 Å². The molecule has 31 heavy (non-hydrogen) atoms. The van der Waals surface area contributed by atoms with Gasteiger partial charge < -0.3 is 25.2 Å². The van der Waals surface area contributed by atoms with E-state index in [1.165, 1.54) is 10.5 Å². The Hall–Kier alpha value is -2.90. The molecule has 3 rings (SSSR count). The van der Waals surface area contributed by atoms with E-state index in [9.17, 15) is 9.59 Å². The number of anilines is 2. The van der Waals surface area contributed by atoms with Crippen LogP contribution in [0.4, 0.5) is 11.4 Å². The number of ether oxygens (including phenoxy) is 1. The average Bonchev–Trinajstić information content (AvgIpc) is 2.80. The minimum atomic E-state index is -0.650. The lowest BCUT2D eigenvalue weighted by Gasteiger charge is -2.32. The predicted octanol–water partition coefficient (Wildman–Crippen LogP) is 1.03. The lowest BCUT2D eigenvalue weighted by atomic mass is 10.0. The summed E-state index contributed by atoms with van der Waals surface area (Å²) in [6, 6.07) is 15.9. The van der Waals surface area contributed by atoms with E-state index in [-0.39, 0.29) is 6.04 Å². The molecule has 1 saturated heterocycles. The number of morpholine rings is 1. The highest BCUT2D eigenvalue weighted by atomic mass is 16.5. The maximum absolute atomic E-state index is 12.5. The van der Waals surface area contributed by atoms with Gasteiger partial charge in [-0.3, -0.25) is 9.59 Å². The first-order valence-electron chi connectivity index (χ1n) is 10.9. The molecule has 7 heteroatoms. The molecule has 3 N–H and O–H groups in total. The topological polar surface area (TPSA) is 75.1 Å². The molecule has 1 fully saturated rings. The van der Waals surface area contributed by atoms with Crippen molar-refractivity contribution >= 4 is 23.2 Å². The van der Waals surface area contributed by atoms with Gasteiger partial charge in [0.15, 0.2) is 0 Å². The molecule has 1 aliphatic heterocycles. The Bertz CT molecular complexity index is 859. The van der Waals surface area contributed by atoms with Gasteiger partial charge in [-0.1, -0.05) is 31.2 Å². The van der Waals surface area contributed by atoms with Crippen LogP contribution in [0.25, 0.3) is 0 Å². The Morgan fingerprint density at radius 2 is 1.65 bits per heavy atom. The van der Waals surface area contributed by atoms with E-state index in [4.69, 9.17) is 4.74 Å². The summed E-state index contributed by atoms with van der Waals surface area (Å²) in [5.41, 5.74) is 4.06. The fourth-order valence-corrected chi connectivity index (χ4v) is 3.77. The minimum absolute atomic E-state index is 0.0562. The highest BCUT2D eigenvalue weighted by Gasteiger charge is 2.28. The van der Waals surface area contributed by atoms with E-state index in [1.807, 2.05) is 38.4 Å². The highest BCUT2D eigenvalue weighted by molar-refractivity contribution is 6.39. The minimum Gasteiger partial charge on any atom is -0.378 e. The van der Waals surface area contributed by atoms with Crippen LogP contribution in [0.15, 0.2) is 48.5 Å². The summed E-state index contributed by atoms with van der Waals surface area (Å²) in [6.07, 6.45) is 0.926. The molecule has 1 heterocycles. The molecule has 2 aromatic rings. The van der Waals surface area contributed by atoms with Gasteiger partial charge in [0, 0.05) is 31.0 Å². The number of benzene rings is 2. The smallest absolute Gasteiger partial charge is 0.313 e. The van der Waals surface area contributed by atoms with Crippen LogP contribution in [0.3, 0.4) is 0 Å². The van der Waals surface area contributed by atoms with E-state index < -0.39 is 11.8 Å². The molecule has 0 spiro atoms. The maximum Gasteiger partial charge on any atom is 0.313 e. The molecule has 0 saturated carbocycles. The number of carbonyl (C=O) groups is 2. The van der Waals surface area contributed by atoms with Crippen LogP contribution in [0.5, 0.6) is 0 Å². The fourth-order valence-electron chi connectivity index (χ4n) is 3.77. The summed E-state index contributed by atoms with van der Waals surface area (Å²) in [5.74, 6) is -1.27. The fraction of sp³-hybridized carbons (Fsp3) is 0.417. The zero-order chi connectivity index (χ0) is 22.2. The molecule has 0 aliphatic carbocycles. The molecule has 2 aromatic carbocycles. The average molecular weight is 426 g/mol. The zero-order valence-corrected chi connectivity index (χ0v) is 18.6. The van der Waals surface area contributed by atoms with Gasteiger partial charge >= 0.3 is 11.8 Å². The number of nitrogens with one attached hydrogen (secondary N) is 3. The molecular formula is C24H33N4O3+. The van der Waals surface area contributed by atoms with Crippen molar-refractivity contribution in [2.75, 3.05) is 57.2 Å². The molecule has 1 atom stereocenters. The van der Waals surface area contributed by atoms with Gasteiger partial charge in [0.25, 0.3) is 0 Å². The van der Waals surface area contributed by atoms with Crippen molar-refractivity contribution in [3.63, 3.8) is 0 Å². The van der Waals surface area contributed by atoms with Gasteiger partial charge in [-0.15, -0.1) is 0 Å². The predicted molar refractivity (Wildman–Crippen MR) is 122 cm³/mol. The summed E-state index contributed by atoms with van der Waals surface area (Å²) in [6.45, 7) is 5.59. The normalized spacial score (nSPS) is 15.2. The second-order valence-corrected chi connectivity index (χ2v) is 8.02. The van der Waals surface area contributed by atoms with Crippen molar-refractivity contribution in [3.8, 4) is 0 Å². The Morgan fingerprint density at radius 3 is 2.23 bits per heavy atom. The van der Waals surface area contributed by atoms with Crippen LogP contribution in [-0.4, -0.2) is 58.8 Å². The summed E-state index contributed by atoms with van der Waals surface area (Å²) in [4.78, 5) is 28.2. The van der Waals surface area contributed by atoms with Gasteiger partial charge in [-0.05, 0) is 36.2 Å². The number of hydrogen-bond donors (Lipinski definition) is 3. The number of amides is 2. The van der Waals surface area contributed by atoms with Crippen molar-refractivity contribution in [1.29, 1.82) is 0 Å². The quantitative estimate of drug-likeness (QED) is 0.579. The monoisotopic (exact) mass is 425 g/mol. The van der Waals surface area contributed by atoms with Gasteiger partial charge in [0.05, 0.1) is 19.8 Å².